The molecule has 7 nitrogen and oxygen atoms in total. The van der Waals surface area contributed by atoms with E-state index < -0.39 is 0 Å². The van der Waals surface area contributed by atoms with Gasteiger partial charge in [-0.15, -0.1) is 11.3 Å². The summed E-state index contributed by atoms with van der Waals surface area (Å²) in [4.78, 5) is 33.9. The van der Waals surface area contributed by atoms with Gasteiger partial charge in [-0.2, -0.15) is 0 Å². The fourth-order valence-electron chi connectivity index (χ4n) is 3.76. The zero-order chi connectivity index (χ0) is 22.1. The van der Waals surface area contributed by atoms with E-state index in [0.29, 0.717) is 49.0 Å². The molecule has 164 valence electrons. The van der Waals surface area contributed by atoms with Gasteiger partial charge in [0, 0.05) is 54.0 Å². The van der Waals surface area contributed by atoms with Crippen molar-refractivity contribution in [3.63, 3.8) is 0 Å². The first kappa shape index (κ1) is 20.8. The van der Waals surface area contributed by atoms with Crippen molar-refractivity contribution >= 4 is 45.9 Å². The van der Waals surface area contributed by atoms with Crippen molar-refractivity contribution < 1.29 is 18.4 Å². The van der Waals surface area contributed by atoms with Crippen molar-refractivity contribution in [2.75, 3.05) is 26.2 Å². The maximum atomic E-state index is 13.4. The Hall–Kier alpha value is -3.04. The summed E-state index contributed by atoms with van der Waals surface area (Å²) in [5.41, 5.74) is 2.58. The topological polar surface area (TPSA) is 79.8 Å². The number of amides is 2. The quantitative estimate of drug-likeness (QED) is 0.397. The fraction of sp³-hybridized carbons (Fsp3) is 0.261. The van der Waals surface area contributed by atoms with Crippen LogP contribution in [0.5, 0.6) is 0 Å². The van der Waals surface area contributed by atoms with Crippen molar-refractivity contribution in [2.24, 2.45) is 0 Å². The van der Waals surface area contributed by atoms with E-state index in [-0.39, 0.29) is 11.8 Å². The number of aryl methyl sites for hydroxylation is 1. The average Bonchev–Trinajstić information content (AvgIpc) is 3.57. The number of benzene rings is 1. The molecule has 4 heterocycles. The summed E-state index contributed by atoms with van der Waals surface area (Å²) >= 11 is 3.21. The Morgan fingerprint density at radius 1 is 1.06 bits per heavy atom. The molecule has 1 aliphatic rings. The Labute approximate surface area is 193 Å². The lowest BCUT2D eigenvalue weighted by molar-refractivity contribution is 0.0503. The molecule has 1 fully saturated rings. The number of fused-ring (bicyclic) bond motifs is 1. The van der Waals surface area contributed by atoms with E-state index in [0.717, 1.165) is 21.0 Å². The predicted octanol–water partition coefficient (Wildman–Crippen LogP) is 4.68. The summed E-state index contributed by atoms with van der Waals surface area (Å²) in [6, 6.07) is 11.1. The van der Waals surface area contributed by atoms with Crippen molar-refractivity contribution in [3.05, 3.63) is 70.8 Å². The molecule has 0 unspecified atom stereocenters. The number of para-hydroxylation sites is 1. The van der Waals surface area contributed by atoms with E-state index in [1.165, 1.54) is 6.26 Å². The summed E-state index contributed by atoms with van der Waals surface area (Å²) < 4.78 is 12.2. The van der Waals surface area contributed by atoms with E-state index in [2.05, 4.69) is 4.98 Å². The van der Waals surface area contributed by atoms with E-state index in [1.54, 1.807) is 45.0 Å². The van der Waals surface area contributed by atoms with Crippen LogP contribution in [0.3, 0.4) is 0 Å². The highest BCUT2D eigenvalue weighted by molar-refractivity contribution is 8.00. The molecule has 32 heavy (non-hydrogen) atoms. The van der Waals surface area contributed by atoms with Gasteiger partial charge < -0.3 is 18.6 Å². The smallest absolute Gasteiger partial charge is 0.290 e. The van der Waals surface area contributed by atoms with E-state index in [9.17, 15) is 9.59 Å². The summed E-state index contributed by atoms with van der Waals surface area (Å²) in [6.45, 7) is 3.77. The van der Waals surface area contributed by atoms with Crippen LogP contribution in [-0.4, -0.2) is 52.8 Å². The molecule has 1 aliphatic heterocycles. The number of hydrogen-bond donors (Lipinski definition) is 0. The molecule has 1 saturated heterocycles. The van der Waals surface area contributed by atoms with Crippen LogP contribution in [0, 0.1) is 6.92 Å². The van der Waals surface area contributed by atoms with Crippen LogP contribution in [-0.2, 0) is 5.75 Å². The largest absolute Gasteiger partial charge is 0.459 e. The summed E-state index contributed by atoms with van der Waals surface area (Å²) in [6.07, 6.45) is 1.49. The summed E-state index contributed by atoms with van der Waals surface area (Å²) in [7, 11) is 0. The fourth-order valence-corrected chi connectivity index (χ4v) is 5.64. The van der Waals surface area contributed by atoms with Gasteiger partial charge in [0.2, 0.25) is 0 Å². The van der Waals surface area contributed by atoms with Crippen LogP contribution in [0.2, 0.25) is 0 Å². The molecule has 0 bridgehead atoms. The number of piperazine rings is 1. The minimum atomic E-state index is -0.151. The predicted molar refractivity (Wildman–Crippen MR) is 123 cm³/mol. The van der Waals surface area contributed by atoms with E-state index in [1.807, 2.05) is 36.6 Å². The van der Waals surface area contributed by atoms with Gasteiger partial charge in [-0.1, -0.05) is 30.0 Å². The van der Waals surface area contributed by atoms with Crippen molar-refractivity contribution in [1.82, 2.24) is 14.8 Å². The van der Waals surface area contributed by atoms with Gasteiger partial charge >= 0.3 is 0 Å². The zero-order valence-corrected chi connectivity index (χ0v) is 19.1. The number of thioether (sulfide) groups is 1. The normalized spacial score (nSPS) is 14.3. The number of nitrogens with zero attached hydrogens (tertiary/aromatic N) is 3. The molecule has 0 aliphatic carbocycles. The van der Waals surface area contributed by atoms with Gasteiger partial charge in [-0.3, -0.25) is 9.59 Å². The van der Waals surface area contributed by atoms with Crippen molar-refractivity contribution in [1.29, 1.82) is 0 Å². The third-order valence-corrected chi connectivity index (χ3v) is 7.58. The minimum Gasteiger partial charge on any atom is -0.459 e. The Morgan fingerprint density at radius 2 is 1.81 bits per heavy atom. The lowest BCUT2D eigenvalue weighted by atomic mass is 10.1. The minimum absolute atomic E-state index is 0.141. The molecule has 0 spiro atoms. The number of furan rings is 2. The third-order valence-electron chi connectivity index (χ3n) is 5.42. The zero-order valence-electron chi connectivity index (χ0n) is 17.4. The first-order valence-corrected chi connectivity index (χ1v) is 12.1. The molecular formula is C23H21N3O4S2. The number of hydrogen-bond acceptors (Lipinski definition) is 7. The summed E-state index contributed by atoms with van der Waals surface area (Å²) in [5.74, 6) is 0.998. The molecule has 3 aromatic heterocycles. The van der Waals surface area contributed by atoms with E-state index >= 15 is 0 Å². The third kappa shape index (κ3) is 4.05. The Balaban J connectivity index is 1.33. The van der Waals surface area contributed by atoms with E-state index in [4.69, 9.17) is 8.83 Å². The molecule has 1 aromatic carbocycles. The van der Waals surface area contributed by atoms with Crippen LogP contribution in [0.1, 0.15) is 32.4 Å². The number of thiazole rings is 1. The van der Waals surface area contributed by atoms with Crippen molar-refractivity contribution in [2.45, 2.75) is 17.0 Å². The van der Waals surface area contributed by atoms with Crippen LogP contribution in [0.4, 0.5) is 0 Å². The standard InChI is InChI=1S/C23H21N3O4S2/c1-15-13-31-23(24-15)32-14-17-16-5-2-3-6-18(16)30-20(17)22(28)26-10-8-25(9-11-26)21(27)19-7-4-12-29-19/h2-7,12-13H,8-11,14H2,1H3. The number of rotatable bonds is 5. The molecule has 0 saturated carbocycles. The SMILES string of the molecule is Cc1csc(SCc2c(C(=O)N3CCN(C(=O)c4ccco4)CC3)oc3ccccc23)n1. The number of carbonyl (C=O) groups excluding carboxylic acids is 2. The van der Waals surface area contributed by atoms with Gasteiger partial charge in [0.15, 0.2) is 11.5 Å². The summed E-state index contributed by atoms with van der Waals surface area (Å²) in [5, 5.41) is 2.97. The average molecular weight is 468 g/mol. The lowest BCUT2D eigenvalue weighted by Gasteiger charge is -2.34. The first-order valence-electron chi connectivity index (χ1n) is 10.3. The maximum absolute atomic E-state index is 13.4. The van der Waals surface area contributed by atoms with Crippen molar-refractivity contribution in [3.8, 4) is 0 Å². The lowest BCUT2D eigenvalue weighted by Crippen LogP contribution is -2.50. The molecule has 0 atom stereocenters. The number of aromatic nitrogens is 1. The molecular weight excluding hydrogens is 446 g/mol. The second kappa shape index (κ2) is 8.84. The molecule has 9 heteroatoms. The molecule has 0 radical (unpaired) electrons. The highest BCUT2D eigenvalue weighted by atomic mass is 32.2. The Bertz CT molecular complexity index is 1250. The van der Waals surface area contributed by atoms with Crippen LogP contribution >= 0.6 is 23.1 Å². The molecule has 2 amide bonds. The monoisotopic (exact) mass is 467 g/mol. The van der Waals surface area contributed by atoms with Gasteiger partial charge in [-0.25, -0.2) is 4.98 Å². The molecule has 0 N–H and O–H groups in total. The second-order valence-electron chi connectivity index (χ2n) is 7.51. The Morgan fingerprint density at radius 3 is 2.50 bits per heavy atom. The van der Waals surface area contributed by atoms with Crippen LogP contribution in [0.15, 0.2) is 61.2 Å². The van der Waals surface area contributed by atoms with Crippen LogP contribution < -0.4 is 0 Å². The van der Waals surface area contributed by atoms with Gasteiger partial charge in [-0.05, 0) is 25.1 Å². The number of carbonyl (C=O) groups is 2. The van der Waals surface area contributed by atoms with Gasteiger partial charge in [0.05, 0.1) is 6.26 Å². The van der Waals surface area contributed by atoms with Gasteiger partial charge in [0.25, 0.3) is 11.8 Å². The first-order chi connectivity index (χ1) is 15.6. The van der Waals surface area contributed by atoms with Crippen LogP contribution in [0.25, 0.3) is 11.0 Å². The Kier molecular flexibility index (Phi) is 5.75. The second-order valence-corrected chi connectivity index (χ2v) is 9.59. The molecule has 4 aromatic rings. The maximum Gasteiger partial charge on any atom is 0.290 e. The highest BCUT2D eigenvalue weighted by Crippen LogP contribution is 2.34. The van der Waals surface area contributed by atoms with Gasteiger partial charge in [0.1, 0.15) is 9.92 Å². The molecule has 5 rings (SSSR count). The highest BCUT2D eigenvalue weighted by Gasteiger charge is 2.30.